The molecule has 1 aliphatic heterocycles. The molecule has 1 saturated heterocycles. The second-order valence-corrected chi connectivity index (χ2v) is 5.88. The molecule has 1 amide bonds. The molecule has 0 atom stereocenters. The van der Waals surface area contributed by atoms with Crippen LogP contribution in [0.4, 0.5) is 5.69 Å². The Morgan fingerprint density at radius 1 is 0.920 bits per heavy atom. The zero-order valence-corrected chi connectivity index (χ0v) is 13.7. The van der Waals surface area contributed by atoms with Gasteiger partial charge in [-0.3, -0.25) is 14.3 Å². The van der Waals surface area contributed by atoms with E-state index in [0.29, 0.717) is 18.7 Å². The van der Waals surface area contributed by atoms with Crippen molar-refractivity contribution in [2.75, 3.05) is 31.1 Å². The number of benzene rings is 1. The quantitative estimate of drug-likeness (QED) is 0.728. The van der Waals surface area contributed by atoms with E-state index in [2.05, 4.69) is 20.1 Å². The fraction of sp³-hybridized carbons (Fsp3) is 0.222. The molecule has 25 heavy (non-hydrogen) atoms. The average Bonchev–Trinajstić information content (AvgIpc) is 3.23. The highest BCUT2D eigenvalue weighted by Gasteiger charge is 2.24. The predicted molar refractivity (Wildman–Crippen MR) is 93.7 cm³/mol. The van der Waals surface area contributed by atoms with E-state index in [0.717, 1.165) is 24.5 Å². The molecule has 0 saturated carbocycles. The van der Waals surface area contributed by atoms with E-state index in [1.807, 2.05) is 47.5 Å². The summed E-state index contributed by atoms with van der Waals surface area (Å²) in [6.07, 6.45) is 6.84. The Bertz CT molecular complexity index is 841. The SMILES string of the molecule is O=C(c1ccccc1-n1cnnc1)N1CCN(c2cccnc2)CC1. The van der Waals surface area contributed by atoms with Crippen LogP contribution in [0.5, 0.6) is 0 Å². The number of anilines is 1. The van der Waals surface area contributed by atoms with E-state index in [4.69, 9.17) is 0 Å². The van der Waals surface area contributed by atoms with E-state index in [1.165, 1.54) is 0 Å². The van der Waals surface area contributed by atoms with E-state index < -0.39 is 0 Å². The highest BCUT2D eigenvalue weighted by molar-refractivity contribution is 5.98. The van der Waals surface area contributed by atoms with Gasteiger partial charge in [-0.2, -0.15) is 0 Å². The first kappa shape index (κ1) is 15.3. The molecular formula is C18H18N6O. The van der Waals surface area contributed by atoms with Crippen molar-refractivity contribution in [1.82, 2.24) is 24.6 Å². The number of aromatic nitrogens is 4. The van der Waals surface area contributed by atoms with E-state index in [-0.39, 0.29) is 5.91 Å². The Morgan fingerprint density at radius 3 is 2.40 bits per heavy atom. The maximum atomic E-state index is 13.0. The van der Waals surface area contributed by atoms with Gasteiger partial charge in [-0.25, -0.2) is 0 Å². The zero-order valence-electron chi connectivity index (χ0n) is 13.7. The van der Waals surface area contributed by atoms with Crippen LogP contribution in [0.15, 0.2) is 61.4 Å². The van der Waals surface area contributed by atoms with Crippen LogP contribution in [0.2, 0.25) is 0 Å². The van der Waals surface area contributed by atoms with Gasteiger partial charge in [0.2, 0.25) is 0 Å². The molecule has 3 heterocycles. The van der Waals surface area contributed by atoms with Gasteiger partial charge in [-0.1, -0.05) is 12.1 Å². The Balaban J connectivity index is 1.50. The van der Waals surface area contributed by atoms with Crippen molar-refractivity contribution in [2.24, 2.45) is 0 Å². The lowest BCUT2D eigenvalue weighted by atomic mass is 10.1. The largest absolute Gasteiger partial charge is 0.367 e. The van der Waals surface area contributed by atoms with E-state index >= 15 is 0 Å². The third-order valence-electron chi connectivity index (χ3n) is 4.41. The van der Waals surface area contributed by atoms with Crippen LogP contribution in [-0.2, 0) is 0 Å². The van der Waals surface area contributed by atoms with Crippen LogP contribution >= 0.6 is 0 Å². The minimum atomic E-state index is 0.0372. The minimum Gasteiger partial charge on any atom is -0.367 e. The van der Waals surface area contributed by atoms with Crippen LogP contribution < -0.4 is 4.90 Å². The average molecular weight is 334 g/mol. The third-order valence-corrected chi connectivity index (χ3v) is 4.41. The standard InChI is InChI=1S/C18H18N6O/c25-18(16-5-1-2-6-17(16)24-13-20-21-14-24)23-10-8-22(9-11-23)15-4-3-7-19-12-15/h1-7,12-14H,8-11H2. The van der Waals surface area contributed by atoms with Gasteiger partial charge in [-0.05, 0) is 24.3 Å². The highest BCUT2D eigenvalue weighted by Crippen LogP contribution is 2.19. The number of rotatable bonds is 3. The Morgan fingerprint density at radius 2 is 1.68 bits per heavy atom. The smallest absolute Gasteiger partial charge is 0.256 e. The molecule has 0 unspecified atom stereocenters. The topological polar surface area (TPSA) is 67.2 Å². The first-order valence-corrected chi connectivity index (χ1v) is 8.21. The number of carbonyl (C=O) groups excluding carboxylic acids is 1. The molecule has 0 spiro atoms. The summed E-state index contributed by atoms with van der Waals surface area (Å²) in [6.45, 7) is 2.97. The first-order valence-electron chi connectivity index (χ1n) is 8.21. The summed E-state index contributed by atoms with van der Waals surface area (Å²) in [5.74, 6) is 0.0372. The molecule has 4 rings (SSSR count). The molecule has 1 fully saturated rings. The van der Waals surface area contributed by atoms with Crippen molar-refractivity contribution in [2.45, 2.75) is 0 Å². The van der Waals surface area contributed by atoms with Gasteiger partial charge >= 0.3 is 0 Å². The number of hydrogen-bond acceptors (Lipinski definition) is 5. The molecule has 2 aromatic heterocycles. The van der Waals surface area contributed by atoms with Crippen molar-refractivity contribution in [3.63, 3.8) is 0 Å². The van der Waals surface area contributed by atoms with Crippen LogP contribution in [-0.4, -0.2) is 56.7 Å². The number of amides is 1. The Hall–Kier alpha value is -3.22. The fourth-order valence-corrected chi connectivity index (χ4v) is 3.08. The summed E-state index contributed by atoms with van der Waals surface area (Å²) in [5, 5.41) is 7.66. The van der Waals surface area contributed by atoms with E-state index in [9.17, 15) is 4.79 Å². The van der Waals surface area contributed by atoms with Crippen molar-refractivity contribution < 1.29 is 4.79 Å². The molecule has 1 aliphatic rings. The molecule has 0 N–H and O–H groups in total. The zero-order chi connectivity index (χ0) is 17.1. The summed E-state index contributed by atoms with van der Waals surface area (Å²) in [4.78, 5) is 21.3. The lowest BCUT2D eigenvalue weighted by Gasteiger charge is -2.36. The van der Waals surface area contributed by atoms with Crippen molar-refractivity contribution in [1.29, 1.82) is 0 Å². The number of piperazine rings is 1. The molecule has 0 bridgehead atoms. The lowest BCUT2D eigenvalue weighted by molar-refractivity contribution is 0.0747. The molecular weight excluding hydrogens is 316 g/mol. The Kier molecular flexibility index (Phi) is 4.12. The number of carbonyl (C=O) groups is 1. The highest BCUT2D eigenvalue weighted by atomic mass is 16.2. The second-order valence-electron chi connectivity index (χ2n) is 5.88. The summed E-state index contributed by atoms with van der Waals surface area (Å²) < 4.78 is 1.76. The number of nitrogens with zero attached hydrogens (tertiary/aromatic N) is 6. The lowest BCUT2D eigenvalue weighted by Crippen LogP contribution is -2.49. The van der Waals surface area contributed by atoms with Crippen LogP contribution in [0.3, 0.4) is 0 Å². The van der Waals surface area contributed by atoms with Gasteiger partial charge in [0.1, 0.15) is 12.7 Å². The summed E-state index contributed by atoms with van der Waals surface area (Å²) in [6, 6.07) is 11.5. The Labute approximate surface area is 145 Å². The molecule has 1 aromatic carbocycles. The minimum absolute atomic E-state index is 0.0372. The van der Waals surface area contributed by atoms with Crippen LogP contribution in [0, 0.1) is 0 Å². The van der Waals surface area contributed by atoms with Crippen LogP contribution in [0.1, 0.15) is 10.4 Å². The van der Waals surface area contributed by atoms with Crippen LogP contribution in [0.25, 0.3) is 5.69 Å². The third kappa shape index (κ3) is 3.08. The first-order chi connectivity index (χ1) is 12.3. The maximum absolute atomic E-state index is 13.0. The number of hydrogen-bond donors (Lipinski definition) is 0. The molecule has 7 nitrogen and oxygen atoms in total. The number of pyridine rings is 1. The molecule has 7 heteroatoms. The van der Waals surface area contributed by atoms with Crippen molar-refractivity contribution in [3.8, 4) is 5.69 Å². The second kappa shape index (κ2) is 6.72. The summed E-state index contributed by atoms with van der Waals surface area (Å²) in [5.41, 5.74) is 2.56. The van der Waals surface area contributed by atoms with Gasteiger partial charge in [0, 0.05) is 32.4 Å². The van der Waals surface area contributed by atoms with E-state index in [1.54, 1.807) is 23.4 Å². The molecule has 126 valence electrons. The molecule has 0 aliphatic carbocycles. The van der Waals surface area contributed by atoms with Gasteiger partial charge in [-0.15, -0.1) is 10.2 Å². The van der Waals surface area contributed by atoms with Crippen molar-refractivity contribution in [3.05, 3.63) is 67.0 Å². The predicted octanol–water partition coefficient (Wildman–Crippen LogP) is 1.62. The summed E-state index contributed by atoms with van der Waals surface area (Å²) >= 11 is 0. The molecule has 3 aromatic rings. The van der Waals surface area contributed by atoms with Gasteiger partial charge in [0.25, 0.3) is 5.91 Å². The fourth-order valence-electron chi connectivity index (χ4n) is 3.08. The summed E-state index contributed by atoms with van der Waals surface area (Å²) in [7, 11) is 0. The van der Waals surface area contributed by atoms with Gasteiger partial charge < -0.3 is 9.80 Å². The normalized spacial score (nSPS) is 14.6. The number of para-hydroxylation sites is 1. The monoisotopic (exact) mass is 334 g/mol. The van der Waals surface area contributed by atoms with Crippen molar-refractivity contribution >= 4 is 11.6 Å². The maximum Gasteiger partial charge on any atom is 0.256 e. The molecule has 0 radical (unpaired) electrons. The van der Waals surface area contributed by atoms with Gasteiger partial charge in [0.15, 0.2) is 0 Å². The van der Waals surface area contributed by atoms with Gasteiger partial charge in [0.05, 0.1) is 23.1 Å².